The van der Waals surface area contributed by atoms with Crippen LogP contribution in [-0.4, -0.2) is 20.6 Å². The van der Waals surface area contributed by atoms with Crippen LogP contribution in [0.2, 0.25) is 0 Å². The molecular weight excluding hydrogens is 216 g/mol. The standard InChI is InChI=1S/C13H16N2O2/c1-13(2,3)15-8-9(7-11(16)17)10-5-4-6-14-12(10)15/h4-6,8H,7H2,1-3H3,(H,16,17). The van der Waals surface area contributed by atoms with E-state index in [1.165, 1.54) is 0 Å². The van der Waals surface area contributed by atoms with Crippen LogP contribution in [0.3, 0.4) is 0 Å². The van der Waals surface area contributed by atoms with Gasteiger partial charge in [0.05, 0.1) is 6.42 Å². The van der Waals surface area contributed by atoms with Crippen LogP contribution in [0, 0.1) is 0 Å². The Morgan fingerprint density at radius 3 is 2.76 bits per heavy atom. The van der Waals surface area contributed by atoms with Crippen molar-refractivity contribution in [1.29, 1.82) is 0 Å². The molecular formula is C13H16N2O2. The van der Waals surface area contributed by atoms with E-state index in [9.17, 15) is 4.79 Å². The minimum Gasteiger partial charge on any atom is -0.481 e. The predicted molar refractivity (Wildman–Crippen MR) is 66.1 cm³/mol. The Balaban J connectivity index is 2.67. The number of rotatable bonds is 2. The average Bonchev–Trinajstić information content (AvgIpc) is 2.56. The van der Waals surface area contributed by atoms with E-state index in [0.717, 1.165) is 16.6 Å². The summed E-state index contributed by atoms with van der Waals surface area (Å²) in [5.74, 6) is -0.818. The SMILES string of the molecule is CC(C)(C)n1cc(CC(=O)O)c2cccnc21. The molecule has 0 spiro atoms. The van der Waals surface area contributed by atoms with Crippen molar-refractivity contribution in [2.24, 2.45) is 0 Å². The summed E-state index contributed by atoms with van der Waals surface area (Å²) in [5, 5.41) is 9.83. The lowest BCUT2D eigenvalue weighted by atomic mass is 10.1. The van der Waals surface area contributed by atoms with Crippen LogP contribution in [0.4, 0.5) is 0 Å². The Labute approximate surface area is 99.9 Å². The predicted octanol–water partition coefficient (Wildman–Crippen LogP) is 2.42. The van der Waals surface area contributed by atoms with Gasteiger partial charge in [-0.3, -0.25) is 4.79 Å². The first-order chi connectivity index (χ1) is 7.89. The molecule has 0 atom stereocenters. The van der Waals surface area contributed by atoms with Crippen molar-refractivity contribution in [3.63, 3.8) is 0 Å². The van der Waals surface area contributed by atoms with Gasteiger partial charge in [-0.2, -0.15) is 0 Å². The number of pyridine rings is 1. The molecule has 2 rings (SSSR count). The molecule has 0 aliphatic heterocycles. The molecule has 17 heavy (non-hydrogen) atoms. The zero-order valence-corrected chi connectivity index (χ0v) is 10.3. The second kappa shape index (κ2) is 3.87. The summed E-state index contributed by atoms with van der Waals surface area (Å²) in [7, 11) is 0. The third kappa shape index (κ3) is 2.16. The van der Waals surface area contributed by atoms with Crippen LogP contribution in [0.15, 0.2) is 24.5 Å². The summed E-state index contributed by atoms with van der Waals surface area (Å²) in [6, 6.07) is 3.75. The third-order valence-corrected chi connectivity index (χ3v) is 2.71. The Hall–Kier alpha value is -1.84. The highest BCUT2D eigenvalue weighted by atomic mass is 16.4. The van der Waals surface area contributed by atoms with Crippen molar-refractivity contribution in [3.05, 3.63) is 30.1 Å². The number of carboxylic acids is 1. The van der Waals surface area contributed by atoms with E-state index in [-0.39, 0.29) is 12.0 Å². The quantitative estimate of drug-likeness (QED) is 0.865. The number of hydrogen-bond acceptors (Lipinski definition) is 2. The molecule has 0 bridgehead atoms. The molecule has 0 fully saturated rings. The zero-order valence-electron chi connectivity index (χ0n) is 10.3. The van der Waals surface area contributed by atoms with Crippen molar-refractivity contribution >= 4 is 17.0 Å². The molecule has 0 aliphatic rings. The third-order valence-electron chi connectivity index (χ3n) is 2.71. The molecule has 2 aromatic heterocycles. The largest absolute Gasteiger partial charge is 0.481 e. The first-order valence-electron chi connectivity index (χ1n) is 5.57. The average molecular weight is 232 g/mol. The fourth-order valence-corrected chi connectivity index (χ4v) is 1.94. The molecule has 2 aromatic rings. The maximum atomic E-state index is 10.8. The number of aromatic nitrogens is 2. The summed E-state index contributed by atoms with van der Waals surface area (Å²) in [6.07, 6.45) is 3.66. The molecule has 0 unspecified atom stereocenters. The van der Waals surface area contributed by atoms with Gasteiger partial charge in [-0.25, -0.2) is 4.98 Å². The Bertz CT molecular complexity index is 564. The number of nitrogens with zero attached hydrogens (tertiary/aromatic N) is 2. The lowest BCUT2D eigenvalue weighted by Crippen LogP contribution is -2.21. The van der Waals surface area contributed by atoms with Crippen LogP contribution < -0.4 is 0 Å². The van der Waals surface area contributed by atoms with Crippen molar-refractivity contribution in [3.8, 4) is 0 Å². The first kappa shape index (κ1) is 11.6. The fourth-order valence-electron chi connectivity index (χ4n) is 1.94. The number of aliphatic carboxylic acids is 1. The van der Waals surface area contributed by atoms with Crippen LogP contribution in [-0.2, 0) is 16.8 Å². The van der Waals surface area contributed by atoms with Crippen LogP contribution >= 0.6 is 0 Å². The Kier molecular flexibility index (Phi) is 2.65. The maximum Gasteiger partial charge on any atom is 0.307 e. The number of fused-ring (bicyclic) bond motifs is 1. The number of hydrogen-bond donors (Lipinski definition) is 1. The van der Waals surface area contributed by atoms with Gasteiger partial charge in [-0.15, -0.1) is 0 Å². The van der Waals surface area contributed by atoms with Crippen molar-refractivity contribution in [1.82, 2.24) is 9.55 Å². The molecule has 0 aliphatic carbocycles. The molecule has 0 saturated heterocycles. The number of carboxylic acid groups (broad SMARTS) is 1. The second-order valence-corrected chi connectivity index (χ2v) is 5.14. The minimum atomic E-state index is -0.818. The summed E-state index contributed by atoms with van der Waals surface area (Å²) in [5.41, 5.74) is 1.55. The maximum absolute atomic E-state index is 10.8. The van der Waals surface area contributed by atoms with E-state index in [2.05, 4.69) is 25.8 Å². The normalized spacial score (nSPS) is 11.9. The van der Waals surface area contributed by atoms with E-state index in [0.29, 0.717) is 0 Å². The molecule has 90 valence electrons. The van der Waals surface area contributed by atoms with E-state index in [4.69, 9.17) is 5.11 Å². The zero-order chi connectivity index (χ0) is 12.6. The van der Waals surface area contributed by atoms with Crippen LogP contribution in [0.5, 0.6) is 0 Å². The number of carbonyl (C=O) groups is 1. The van der Waals surface area contributed by atoms with E-state index in [1.54, 1.807) is 6.20 Å². The molecule has 4 heteroatoms. The van der Waals surface area contributed by atoms with Gasteiger partial charge in [0.25, 0.3) is 0 Å². The molecule has 4 nitrogen and oxygen atoms in total. The molecule has 0 saturated carbocycles. The Morgan fingerprint density at radius 2 is 2.18 bits per heavy atom. The Morgan fingerprint density at radius 1 is 1.47 bits per heavy atom. The van der Waals surface area contributed by atoms with Crippen molar-refractivity contribution < 1.29 is 9.90 Å². The van der Waals surface area contributed by atoms with Gasteiger partial charge in [0.2, 0.25) is 0 Å². The lowest BCUT2D eigenvalue weighted by Gasteiger charge is -2.21. The molecule has 0 radical (unpaired) electrons. The second-order valence-electron chi connectivity index (χ2n) is 5.14. The smallest absolute Gasteiger partial charge is 0.307 e. The molecule has 2 heterocycles. The van der Waals surface area contributed by atoms with Gasteiger partial charge >= 0.3 is 5.97 Å². The monoisotopic (exact) mass is 232 g/mol. The van der Waals surface area contributed by atoms with Crippen LogP contribution in [0.1, 0.15) is 26.3 Å². The highest BCUT2D eigenvalue weighted by molar-refractivity contribution is 5.85. The summed E-state index contributed by atoms with van der Waals surface area (Å²) in [4.78, 5) is 15.2. The van der Waals surface area contributed by atoms with E-state index in [1.807, 2.05) is 22.9 Å². The van der Waals surface area contributed by atoms with Crippen molar-refractivity contribution in [2.75, 3.05) is 0 Å². The highest BCUT2D eigenvalue weighted by Crippen LogP contribution is 2.26. The van der Waals surface area contributed by atoms with E-state index >= 15 is 0 Å². The van der Waals surface area contributed by atoms with Gasteiger partial charge in [0.1, 0.15) is 5.65 Å². The molecule has 0 amide bonds. The minimum absolute atomic E-state index is 0.0330. The lowest BCUT2D eigenvalue weighted by molar-refractivity contribution is -0.136. The summed E-state index contributed by atoms with van der Waals surface area (Å²) >= 11 is 0. The van der Waals surface area contributed by atoms with Crippen molar-refractivity contribution in [2.45, 2.75) is 32.7 Å². The van der Waals surface area contributed by atoms with Gasteiger partial charge in [-0.05, 0) is 38.5 Å². The summed E-state index contributed by atoms with van der Waals surface area (Å²) < 4.78 is 2.03. The topological polar surface area (TPSA) is 55.1 Å². The van der Waals surface area contributed by atoms with Crippen LogP contribution in [0.25, 0.3) is 11.0 Å². The summed E-state index contributed by atoms with van der Waals surface area (Å²) in [6.45, 7) is 6.23. The highest BCUT2D eigenvalue weighted by Gasteiger charge is 2.19. The fraction of sp³-hybridized carbons (Fsp3) is 0.385. The van der Waals surface area contributed by atoms with Gasteiger partial charge in [0.15, 0.2) is 0 Å². The molecule has 0 aromatic carbocycles. The van der Waals surface area contributed by atoms with Gasteiger partial charge in [0, 0.05) is 23.3 Å². The van der Waals surface area contributed by atoms with Gasteiger partial charge < -0.3 is 9.67 Å². The van der Waals surface area contributed by atoms with Gasteiger partial charge in [-0.1, -0.05) is 0 Å². The molecule has 1 N–H and O–H groups in total. The first-order valence-corrected chi connectivity index (χ1v) is 5.57. The van der Waals surface area contributed by atoms with E-state index < -0.39 is 5.97 Å².